The summed E-state index contributed by atoms with van der Waals surface area (Å²) in [5.41, 5.74) is 1.10. The van der Waals surface area contributed by atoms with Crippen molar-refractivity contribution >= 4 is 11.7 Å². The highest BCUT2D eigenvalue weighted by molar-refractivity contribution is 5.71. The van der Waals surface area contributed by atoms with E-state index >= 15 is 0 Å². The molecule has 1 saturated carbocycles. The van der Waals surface area contributed by atoms with Crippen LogP contribution in [0, 0.1) is 5.92 Å². The quantitative estimate of drug-likeness (QED) is 0.867. The molecule has 1 fully saturated rings. The van der Waals surface area contributed by atoms with Crippen LogP contribution in [0.2, 0.25) is 0 Å². The Morgan fingerprint density at radius 2 is 1.94 bits per heavy atom. The number of nitrogens with zero attached hydrogens (tertiary/aromatic N) is 1. The first-order valence-electron chi connectivity index (χ1n) is 5.71. The zero-order valence-corrected chi connectivity index (χ0v) is 10.1. The summed E-state index contributed by atoms with van der Waals surface area (Å²) < 4.78 is 5.10. The molecule has 1 aliphatic carbocycles. The van der Waals surface area contributed by atoms with Gasteiger partial charge < -0.3 is 14.7 Å². The van der Waals surface area contributed by atoms with Gasteiger partial charge in [-0.15, -0.1) is 0 Å². The molecule has 0 heterocycles. The molecule has 0 atom stereocenters. The minimum Gasteiger partial charge on any atom is -0.497 e. The molecule has 1 aliphatic rings. The minimum atomic E-state index is -0.676. The average molecular weight is 235 g/mol. The van der Waals surface area contributed by atoms with Gasteiger partial charge in [-0.25, -0.2) is 0 Å². The number of carboxylic acid groups (broad SMARTS) is 1. The van der Waals surface area contributed by atoms with E-state index in [9.17, 15) is 4.79 Å². The van der Waals surface area contributed by atoms with Crippen molar-refractivity contribution in [3.05, 3.63) is 24.3 Å². The number of hydrogen-bond acceptors (Lipinski definition) is 3. The van der Waals surface area contributed by atoms with Gasteiger partial charge in [0.25, 0.3) is 0 Å². The Morgan fingerprint density at radius 3 is 2.41 bits per heavy atom. The molecule has 0 bridgehead atoms. The summed E-state index contributed by atoms with van der Waals surface area (Å²) in [5, 5.41) is 8.84. The van der Waals surface area contributed by atoms with Crippen LogP contribution in [-0.4, -0.2) is 31.3 Å². The van der Waals surface area contributed by atoms with Crippen molar-refractivity contribution in [2.24, 2.45) is 5.92 Å². The van der Waals surface area contributed by atoms with E-state index in [0.717, 1.165) is 24.3 Å². The summed E-state index contributed by atoms with van der Waals surface area (Å²) in [4.78, 5) is 12.9. The third-order valence-electron chi connectivity index (χ3n) is 3.49. The highest BCUT2D eigenvalue weighted by Gasteiger charge is 2.36. The Balaban J connectivity index is 1.96. The van der Waals surface area contributed by atoms with Crippen molar-refractivity contribution < 1.29 is 14.6 Å². The molecular formula is C13H17NO3. The lowest BCUT2D eigenvalue weighted by molar-refractivity contribution is -0.145. The van der Waals surface area contributed by atoms with Gasteiger partial charge in [-0.05, 0) is 37.1 Å². The average Bonchev–Trinajstić information content (AvgIpc) is 2.26. The molecule has 4 heteroatoms. The van der Waals surface area contributed by atoms with Crippen molar-refractivity contribution in [2.45, 2.75) is 18.9 Å². The number of methoxy groups -OCH3 is 1. The monoisotopic (exact) mass is 235 g/mol. The Bertz CT molecular complexity index is 396. The molecule has 0 spiro atoms. The summed E-state index contributed by atoms with van der Waals surface area (Å²) in [6.45, 7) is 0. The van der Waals surface area contributed by atoms with Gasteiger partial charge in [0.05, 0.1) is 13.0 Å². The molecule has 0 amide bonds. The van der Waals surface area contributed by atoms with Crippen molar-refractivity contribution in [2.75, 3.05) is 19.1 Å². The van der Waals surface area contributed by atoms with Crippen LogP contribution in [0.25, 0.3) is 0 Å². The lowest BCUT2D eigenvalue weighted by Crippen LogP contribution is -2.45. The molecule has 2 rings (SSSR count). The maximum atomic E-state index is 10.7. The van der Waals surface area contributed by atoms with Crippen molar-refractivity contribution in [1.82, 2.24) is 0 Å². The second-order valence-corrected chi connectivity index (χ2v) is 4.47. The molecule has 0 aliphatic heterocycles. The Labute approximate surface area is 101 Å². The first-order chi connectivity index (χ1) is 8.11. The summed E-state index contributed by atoms with van der Waals surface area (Å²) in [5.74, 6) is -0.00995. The van der Waals surface area contributed by atoms with Gasteiger partial charge in [-0.1, -0.05) is 0 Å². The highest BCUT2D eigenvalue weighted by Crippen LogP contribution is 2.34. The largest absolute Gasteiger partial charge is 0.497 e. The molecule has 1 aromatic carbocycles. The molecule has 1 N–H and O–H groups in total. The van der Waals surface area contributed by atoms with Crippen molar-refractivity contribution in [3.63, 3.8) is 0 Å². The molecule has 0 saturated heterocycles. The Hall–Kier alpha value is -1.71. The summed E-state index contributed by atoms with van der Waals surface area (Å²) >= 11 is 0. The van der Waals surface area contributed by atoms with Crippen LogP contribution in [0.1, 0.15) is 12.8 Å². The number of ether oxygens (including phenoxy) is 1. The molecule has 0 unspecified atom stereocenters. The van der Waals surface area contributed by atoms with Crippen molar-refractivity contribution in [1.29, 1.82) is 0 Å². The van der Waals surface area contributed by atoms with Crippen LogP contribution in [0.4, 0.5) is 5.69 Å². The Kier molecular flexibility index (Phi) is 3.22. The maximum Gasteiger partial charge on any atom is 0.306 e. The van der Waals surface area contributed by atoms with Crippen LogP contribution in [0.5, 0.6) is 5.75 Å². The fourth-order valence-corrected chi connectivity index (χ4v) is 2.13. The van der Waals surface area contributed by atoms with Crippen LogP contribution in [0.3, 0.4) is 0 Å². The number of rotatable bonds is 4. The summed E-state index contributed by atoms with van der Waals surface area (Å²) in [7, 11) is 3.65. The highest BCUT2D eigenvalue weighted by atomic mass is 16.5. The van der Waals surface area contributed by atoms with Crippen LogP contribution < -0.4 is 9.64 Å². The van der Waals surface area contributed by atoms with Gasteiger partial charge in [-0.2, -0.15) is 0 Å². The molecule has 0 aromatic heterocycles. The van der Waals surface area contributed by atoms with E-state index in [4.69, 9.17) is 9.84 Å². The van der Waals surface area contributed by atoms with E-state index in [0.29, 0.717) is 6.04 Å². The SMILES string of the molecule is COc1ccc(N(C)C2CC(C(=O)O)C2)cc1. The van der Waals surface area contributed by atoms with E-state index in [1.807, 2.05) is 31.3 Å². The second-order valence-electron chi connectivity index (χ2n) is 4.47. The fraction of sp³-hybridized carbons (Fsp3) is 0.462. The van der Waals surface area contributed by atoms with Gasteiger partial charge in [0.15, 0.2) is 0 Å². The molecule has 4 nitrogen and oxygen atoms in total. The van der Waals surface area contributed by atoms with Crippen LogP contribution >= 0.6 is 0 Å². The lowest BCUT2D eigenvalue weighted by Gasteiger charge is -2.40. The van der Waals surface area contributed by atoms with Gasteiger partial charge in [0.2, 0.25) is 0 Å². The molecule has 1 aromatic rings. The normalized spacial score (nSPS) is 22.7. The minimum absolute atomic E-state index is 0.166. The number of aliphatic carboxylic acids is 1. The first kappa shape index (κ1) is 11.8. The van der Waals surface area contributed by atoms with E-state index in [-0.39, 0.29) is 5.92 Å². The number of hydrogen-bond donors (Lipinski definition) is 1. The molecule has 0 radical (unpaired) electrons. The number of carbonyl (C=O) groups is 1. The zero-order valence-electron chi connectivity index (χ0n) is 10.1. The third kappa shape index (κ3) is 2.35. The van der Waals surface area contributed by atoms with Gasteiger partial charge in [0.1, 0.15) is 5.75 Å². The summed E-state index contributed by atoms with van der Waals surface area (Å²) in [6, 6.07) is 8.16. The third-order valence-corrected chi connectivity index (χ3v) is 3.49. The Morgan fingerprint density at radius 1 is 1.35 bits per heavy atom. The van der Waals surface area contributed by atoms with Crippen LogP contribution in [0.15, 0.2) is 24.3 Å². The number of benzene rings is 1. The van der Waals surface area contributed by atoms with E-state index < -0.39 is 5.97 Å². The standard InChI is InChI=1S/C13H17NO3/c1-14(11-7-9(8-11)13(15)16)10-3-5-12(17-2)6-4-10/h3-6,9,11H,7-8H2,1-2H3,(H,15,16). The molecule has 17 heavy (non-hydrogen) atoms. The van der Waals surface area contributed by atoms with Crippen LogP contribution in [-0.2, 0) is 4.79 Å². The van der Waals surface area contributed by atoms with E-state index in [1.165, 1.54) is 0 Å². The van der Waals surface area contributed by atoms with Gasteiger partial charge in [0, 0.05) is 18.8 Å². The van der Waals surface area contributed by atoms with Crippen molar-refractivity contribution in [3.8, 4) is 5.75 Å². The second kappa shape index (κ2) is 4.65. The lowest BCUT2D eigenvalue weighted by atomic mass is 9.79. The number of anilines is 1. The summed E-state index contributed by atoms with van der Waals surface area (Å²) in [6.07, 6.45) is 1.47. The first-order valence-corrected chi connectivity index (χ1v) is 5.71. The topological polar surface area (TPSA) is 49.8 Å². The van der Waals surface area contributed by atoms with Gasteiger partial charge in [-0.3, -0.25) is 4.79 Å². The van der Waals surface area contributed by atoms with E-state index in [2.05, 4.69) is 4.90 Å². The van der Waals surface area contributed by atoms with Gasteiger partial charge >= 0.3 is 5.97 Å². The van der Waals surface area contributed by atoms with E-state index in [1.54, 1.807) is 7.11 Å². The fourth-order valence-electron chi connectivity index (χ4n) is 2.13. The molecule has 92 valence electrons. The maximum absolute atomic E-state index is 10.7. The zero-order chi connectivity index (χ0) is 12.4. The molecular weight excluding hydrogens is 218 g/mol. The number of carboxylic acids is 1. The predicted octanol–water partition coefficient (Wildman–Crippen LogP) is 1.99. The predicted molar refractivity (Wildman–Crippen MR) is 65.5 cm³/mol. The smallest absolute Gasteiger partial charge is 0.306 e.